The van der Waals surface area contributed by atoms with Gasteiger partial charge in [-0.15, -0.1) is 0 Å². The van der Waals surface area contributed by atoms with E-state index >= 15 is 0 Å². The van der Waals surface area contributed by atoms with Crippen molar-refractivity contribution in [3.8, 4) is 17.7 Å². The number of carbonyl (C=O) groups excluding carboxylic acids is 1. The number of sulfonamides is 1. The molecule has 3 aliphatic rings. The van der Waals surface area contributed by atoms with E-state index in [1.807, 2.05) is 50.4 Å². The third-order valence-electron chi connectivity index (χ3n) is 9.40. The topological polar surface area (TPSA) is 184 Å². The number of aliphatic hydroxyl groups is 1. The van der Waals surface area contributed by atoms with Crippen molar-refractivity contribution >= 4 is 22.1 Å². The summed E-state index contributed by atoms with van der Waals surface area (Å²) in [6, 6.07) is 12.9. The highest BCUT2D eigenvalue weighted by Crippen LogP contribution is 2.36. The van der Waals surface area contributed by atoms with Crippen LogP contribution in [0.1, 0.15) is 45.1 Å². The van der Waals surface area contributed by atoms with Crippen molar-refractivity contribution in [3.05, 3.63) is 54.1 Å². The predicted molar refractivity (Wildman–Crippen MR) is 191 cm³/mol. The van der Waals surface area contributed by atoms with E-state index in [4.69, 9.17) is 28.9 Å². The van der Waals surface area contributed by atoms with Gasteiger partial charge in [-0.1, -0.05) is 50.6 Å². The lowest BCUT2D eigenvalue weighted by molar-refractivity contribution is -0.0907. The Labute approximate surface area is 305 Å². The van der Waals surface area contributed by atoms with E-state index in [0.717, 1.165) is 18.4 Å². The first-order valence-corrected chi connectivity index (χ1v) is 19.0. The Balaban J connectivity index is 1.33. The zero-order valence-electron chi connectivity index (χ0n) is 30.2. The molecule has 0 saturated carbocycles. The third-order valence-corrected chi connectivity index (χ3v) is 11.2. The Bertz CT molecular complexity index is 1680. The van der Waals surface area contributed by atoms with Gasteiger partial charge in [-0.3, -0.25) is 10.3 Å². The molecule has 0 aliphatic carbocycles. The second-order valence-electron chi connectivity index (χ2n) is 14.2. The van der Waals surface area contributed by atoms with Crippen molar-refractivity contribution in [1.82, 2.24) is 19.8 Å². The summed E-state index contributed by atoms with van der Waals surface area (Å²) in [4.78, 5) is 19.5. The van der Waals surface area contributed by atoms with E-state index in [1.54, 1.807) is 25.1 Å². The summed E-state index contributed by atoms with van der Waals surface area (Å²) in [6.45, 7) is 4.95. The number of hydrogen-bond donors (Lipinski definition) is 3. The Kier molecular flexibility index (Phi) is 13.2. The van der Waals surface area contributed by atoms with Crippen LogP contribution in [-0.2, 0) is 30.7 Å². The fraction of sp³-hybridized carbons (Fsp3) is 0.583. The maximum Gasteiger partial charge on any atom is 0.407 e. The summed E-state index contributed by atoms with van der Waals surface area (Å²) in [7, 11) is -0.590. The summed E-state index contributed by atoms with van der Waals surface area (Å²) in [5.41, 5.74) is 0.321. The van der Waals surface area contributed by atoms with Crippen LogP contribution in [0.4, 0.5) is 4.79 Å². The van der Waals surface area contributed by atoms with Gasteiger partial charge in [-0.2, -0.15) is 9.57 Å². The van der Waals surface area contributed by atoms with Crippen molar-refractivity contribution in [2.24, 2.45) is 16.3 Å². The van der Waals surface area contributed by atoms with Gasteiger partial charge in [0.1, 0.15) is 6.10 Å². The number of unbranched alkanes of at least 4 members (excludes halogenated alkanes) is 1. The number of hydrogen-bond acceptors (Lipinski definition) is 11. The first-order chi connectivity index (χ1) is 24.9. The lowest BCUT2D eigenvalue weighted by Crippen LogP contribution is -2.52. The van der Waals surface area contributed by atoms with Crippen molar-refractivity contribution in [1.29, 1.82) is 5.26 Å². The molecule has 15 nitrogen and oxygen atoms in total. The highest BCUT2D eigenvalue weighted by Gasteiger charge is 2.44. The van der Waals surface area contributed by atoms with Gasteiger partial charge in [-0.25, -0.2) is 13.2 Å². The van der Waals surface area contributed by atoms with Gasteiger partial charge in [0.15, 0.2) is 24.0 Å². The molecule has 0 spiro atoms. The molecule has 0 unspecified atom stereocenters. The van der Waals surface area contributed by atoms with Crippen LogP contribution in [0, 0.1) is 22.8 Å². The SMILES string of the molecule is CN(C)C(=NCCCCC(C)(C)CN(C[C@@H](O)[C@H](Cc1ccccc1)NC(=O)O[C@H]1CO[C@H]2OCC[C@H]21)S(=O)(=O)c1ccc2c(c1)OCO2)NC#N. The average Bonchev–Trinajstić information content (AvgIpc) is 3.86. The molecule has 5 rings (SSSR count). The molecule has 16 heteroatoms. The number of amides is 1. The van der Waals surface area contributed by atoms with Gasteiger partial charge in [0, 0.05) is 39.8 Å². The quantitative estimate of drug-likeness (QED) is 0.0753. The molecule has 2 aromatic carbocycles. The molecule has 2 fully saturated rings. The van der Waals surface area contributed by atoms with E-state index in [1.165, 1.54) is 16.4 Å². The smallest absolute Gasteiger partial charge is 0.407 e. The highest BCUT2D eigenvalue weighted by atomic mass is 32.2. The number of ether oxygens (including phenoxy) is 5. The van der Waals surface area contributed by atoms with Crippen LogP contribution in [0.15, 0.2) is 58.4 Å². The number of guanidine groups is 1. The lowest BCUT2D eigenvalue weighted by Gasteiger charge is -2.35. The largest absolute Gasteiger partial charge is 0.454 e. The fourth-order valence-corrected chi connectivity index (χ4v) is 8.25. The summed E-state index contributed by atoms with van der Waals surface area (Å²) in [6.07, 6.45) is 2.01. The Morgan fingerprint density at radius 2 is 1.90 bits per heavy atom. The summed E-state index contributed by atoms with van der Waals surface area (Å²) in [5, 5.41) is 26.2. The number of carbonyl (C=O) groups is 1. The summed E-state index contributed by atoms with van der Waals surface area (Å²) >= 11 is 0. The van der Waals surface area contributed by atoms with Gasteiger partial charge in [0.25, 0.3) is 0 Å². The van der Waals surface area contributed by atoms with Crippen molar-refractivity contribution in [2.75, 3.05) is 53.7 Å². The number of rotatable bonds is 16. The zero-order chi connectivity index (χ0) is 37.3. The minimum absolute atomic E-state index is 0.00292. The standard InChI is InChI=1S/C36H50N6O9S/c1-36(2,15-8-9-16-38-34(39-23-37)41(3)4)22-42(52(45,46)26-12-13-30-31(19-26)50-24-49-30)20-29(43)28(18-25-10-6-5-7-11-25)40-35(44)51-32-21-48-33-27(32)14-17-47-33/h5-7,10-13,19,27-29,32-33,43H,8-9,14-18,20-22,24H2,1-4H3,(H,38,39)(H,40,44)/t27-,28-,29+,32-,33+/m0/s1. The number of aliphatic hydroxyl groups excluding tert-OH is 1. The summed E-state index contributed by atoms with van der Waals surface area (Å²) < 4.78 is 57.9. The Hall–Kier alpha value is -4.14. The van der Waals surface area contributed by atoms with Crippen molar-refractivity contribution in [3.63, 3.8) is 0 Å². The molecule has 284 valence electrons. The van der Waals surface area contributed by atoms with E-state index < -0.39 is 46.1 Å². The molecular weight excluding hydrogens is 692 g/mol. The minimum Gasteiger partial charge on any atom is -0.454 e. The lowest BCUT2D eigenvalue weighted by atomic mass is 9.87. The van der Waals surface area contributed by atoms with E-state index in [-0.39, 0.29) is 43.7 Å². The molecule has 3 heterocycles. The first-order valence-electron chi connectivity index (χ1n) is 17.6. The van der Waals surface area contributed by atoms with Crippen molar-refractivity contribution < 1.29 is 42.0 Å². The number of fused-ring (bicyclic) bond motifs is 2. The van der Waals surface area contributed by atoms with Gasteiger partial charge in [0.2, 0.25) is 22.8 Å². The third kappa shape index (κ3) is 10.3. The van der Waals surface area contributed by atoms with Crippen LogP contribution in [0.25, 0.3) is 0 Å². The number of nitrogens with zero attached hydrogens (tertiary/aromatic N) is 4. The first kappa shape index (κ1) is 39.1. The Morgan fingerprint density at radius 3 is 2.65 bits per heavy atom. The van der Waals surface area contributed by atoms with Crippen molar-refractivity contribution in [2.45, 2.75) is 75.4 Å². The van der Waals surface area contributed by atoms with Crippen LogP contribution >= 0.6 is 0 Å². The molecule has 2 saturated heterocycles. The maximum absolute atomic E-state index is 14.4. The average molecular weight is 743 g/mol. The van der Waals surface area contributed by atoms with Gasteiger partial charge >= 0.3 is 6.09 Å². The van der Waals surface area contributed by atoms with Crippen LogP contribution in [-0.4, -0.2) is 113 Å². The predicted octanol–water partition coefficient (Wildman–Crippen LogP) is 3.05. The van der Waals surface area contributed by atoms with Crippen LogP contribution in [0.2, 0.25) is 0 Å². The van der Waals surface area contributed by atoms with E-state index in [2.05, 4.69) is 15.6 Å². The van der Waals surface area contributed by atoms with E-state index in [0.29, 0.717) is 43.5 Å². The molecule has 52 heavy (non-hydrogen) atoms. The zero-order valence-corrected chi connectivity index (χ0v) is 31.0. The fourth-order valence-electron chi connectivity index (χ4n) is 6.59. The highest BCUT2D eigenvalue weighted by molar-refractivity contribution is 7.89. The molecule has 2 aromatic rings. The van der Waals surface area contributed by atoms with Crippen LogP contribution in [0.5, 0.6) is 11.5 Å². The number of alkyl carbamates (subject to hydrolysis) is 1. The maximum atomic E-state index is 14.4. The second kappa shape index (κ2) is 17.6. The molecule has 3 N–H and O–H groups in total. The number of nitrogens with one attached hydrogen (secondary N) is 2. The Morgan fingerprint density at radius 1 is 1.13 bits per heavy atom. The molecule has 0 radical (unpaired) electrons. The minimum atomic E-state index is -4.18. The number of nitriles is 1. The van der Waals surface area contributed by atoms with Gasteiger partial charge in [0.05, 0.1) is 36.2 Å². The van der Waals surface area contributed by atoms with Gasteiger partial charge in [-0.05, 0) is 48.8 Å². The summed E-state index contributed by atoms with van der Waals surface area (Å²) in [5.74, 6) is 1.17. The molecule has 5 atom stereocenters. The molecule has 0 aromatic heterocycles. The molecular formula is C36H50N6O9S. The second-order valence-corrected chi connectivity index (χ2v) is 16.2. The monoisotopic (exact) mass is 742 g/mol. The molecule has 0 bridgehead atoms. The van der Waals surface area contributed by atoms with Crippen LogP contribution in [0.3, 0.4) is 0 Å². The molecule has 3 aliphatic heterocycles. The van der Waals surface area contributed by atoms with Gasteiger partial charge < -0.3 is 39.0 Å². The van der Waals surface area contributed by atoms with E-state index in [9.17, 15) is 18.3 Å². The van der Waals surface area contributed by atoms with Crippen LogP contribution < -0.4 is 20.1 Å². The normalized spacial score (nSPS) is 20.9. The number of aliphatic imine (C=N–C) groups is 1. The molecule has 1 amide bonds. The number of benzene rings is 2.